The molecular weight excluding hydrogens is 300 g/mol. The first-order valence-corrected chi connectivity index (χ1v) is 8.00. The van der Waals surface area contributed by atoms with Crippen LogP contribution in [0.4, 0.5) is 5.69 Å². The van der Waals surface area contributed by atoms with Gasteiger partial charge in [0.05, 0.1) is 5.69 Å². The smallest absolute Gasteiger partial charge is 0.275 e. The second-order valence-electron chi connectivity index (χ2n) is 6.28. The number of rotatable bonds is 4. The number of hydrogen-bond acceptors (Lipinski definition) is 4. The van der Waals surface area contributed by atoms with Crippen molar-refractivity contribution in [1.29, 1.82) is 0 Å². The third-order valence-corrected chi connectivity index (χ3v) is 4.10. The lowest BCUT2D eigenvalue weighted by Gasteiger charge is -2.38. The maximum Gasteiger partial charge on any atom is 0.275 e. The molecule has 3 rings (SSSR count). The average molecular weight is 322 g/mol. The van der Waals surface area contributed by atoms with Gasteiger partial charge in [-0.3, -0.25) is 4.79 Å². The molecule has 1 amide bonds. The molecule has 0 radical (unpaired) electrons. The number of nitrogens with zero attached hydrogens (tertiary/aromatic N) is 3. The van der Waals surface area contributed by atoms with Gasteiger partial charge in [0.15, 0.2) is 0 Å². The van der Waals surface area contributed by atoms with Crippen LogP contribution in [-0.4, -0.2) is 29.3 Å². The largest absolute Gasteiger partial charge is 0.309 e. The maximum absolute atomic E-state index is 12.9. The molecule has 0 spiro atoms. The lowest BCUT2D eigenvalue weighted by atomic mass is 10.1. The summed E-state index contributed by atoms with van der Waals surface area (Å²) < 4.78 is 0. The highest BCUT2D eigenvalue weighted by Crippen LogP contribution is 2.28. The Bertz CT molecular complexity index is 744. The van der Waals surface area contributed by atoms with Crippen molar-refractivity contribution in [3.05, 3.63) is 66.2 Å². The molecule has 5 nitrogen and oxygen atoms in total. The van der Waals surface area contributed by atoms with Gasteiger partial charge in [0.25, 0.3) is 5.91 Å². The summed E-state index contributed by atoms with van der Waals surface area (Å²) in [6.45, 7) is 3.94. The number of anilines is 1. The minimum Gasteiger partial charge on any atom is -0.309 e. The number of carbonyl (C=O) groups is 1. The Kier molecular flexibility index (Phi) is 4.36. The van der Waals surface area contributed by atoms with Crippen molar-refractivity contribution in [3.63, 3.8) is 0 Å². The van der Waals surface area contributed by atoms with Crippen LogP contribution in [0.15, 0.2) is 65.8 Å². The van der Waals surface area contributed by atoms with Gasteiger partial charge in [-0.1, -0.05) is 36.4 Å². The van der Waals surface area contributed by atoms with Crippen LogP contribution in [0.2, 0.25) is 0 Å². The minimum absolute atomic E-state index is 0.107. The molecule has 124 valence electrons. The standard InChI is InChI=1S/C19H22N4O/c1-15-14-19(2,21-22(3)17-12-8-5-9-13-17)23(20-15)18(24)16-10-6-4-7-11-16/h4-13,21H,14H2,1-3H3/t19-/m0/s1. The summed E-state index contributed by atoms with van der Waals surface area (Å²) in [5, 5.41) is 7.96. The third-order valence-electron chi connectivity index (χ3n) is 4.10. The van der Waals surface area contributed by atoms with Gasteiger partial charge in [0, 0.05) is 24.7 Å². The number of nitrogens with one attached hydrogen (secondary N) is 1. The van der Waals surface area contributed by atoms with Crippen molar-refractivity contribution >= 4 is 17.3 Å². The fourth-order valence-corrected chi connectivity index (χ4v) is 3.03. The van der Waals surface area contributed by atoms with Crippen LogP contribution in [0.1, 0.15) is 30.6 Å². The van der Waals surface area contributed by atoms with Crippen molar-refractivity contribution in [2.45, 2.75) is 25.9 Å². The first kappa shape index (κ1) is 16.2. The summed E-state index contributed by atoms with van der Waals surface area (Å²) >= 11 is 0. The number of hydrazine groups is 1. The summed E-state index contributed by atoms with van der Waals surface area (Å²) in [6.07, 6.45) is 0.669. The van der Waals surface area contributed by atoms with E-state index in [1.54, 1.807) is 5.01 Å². The van der Waals surface area contributed by atoms with E-state index in [9.17, 15) is 4.79 Å². The Morgan fingerprint density at radius 2 is 1.71 bits per heavy atom. The van der Waals surface area contributed by atoms with Gasteiger partial charge in [-0.25, -0.2) is 10.4 Å². The summed E-state index contributed by atoms with van der Waals surface area (Å²) in [5.74, 6) is -0.107. The number of benzene rings is 2. The fraction of sp³-hybridized carbons (Fsp3) is 0.263. The van der Waals surface area contributed by atoms with Crippen LogP contribution in [0.5, 0.6) is 0 Å². The molecule has 1 aliphatic rings. The molecule has 0 fully saturated rings. The number of hydrazone groups is 1. The highest BCUT2D eigenvalue weighted by atomic mass is 16.2. The summed E-state index contributed by atoms with van der Waals surface area (Å²) in [4.78, 5) is 12.9. The van der Waals surface area contributed by atoms with Gasteiger partial charge in [-0.05, 0) is 38.1 Å². The lowest BCUT2D eigenvalue weighted by Crippen LogP contribution is -2.59. The van der Waals surface area contributed by atoms with Crippen LogP contribution in [0.25, 0.3) is 0 Å². The van der Waals surface area contributed by atoms with Crippen LogP contribution in [0, 0.1) is 0 Å². The van der Waals surface area contributed by atoms with E-state index >= 15 is 0 Å². The zero-order valence-electron chi connectivity index (χ0n) is 14.2. The first-order valence-electron chi connectivity index (χ1n) is 8.00. The zero-order chi connectivity index (χ0) is 17.2. The molecule has 5 heteroatoms. The number of hydrogen-bond donors (Lipinski definition) is 1. The monoisotopic (exact) mass is 322 g/mol. The van der Waals surface area contributed by atoms with Crippen LogP contribution in [-0.2, 0) is 0 Å². The van der Waals surface area contributed by atoms with Gasteiger partial charge < -0.3 is 5.01 Å². The molecule has 2 aromatic rings. The second-order valence-corrected chi connectivity index (χ2v) is 6.28. The van der Waals surface area contributed by atoms with Crippen molar-refractivity contribution in [3.8, 4) is 0 Å². The molecule has 1 N–H and O–H groups in total. The van der Waals surface area contributed by atoms with Crippen molar-refractivity contribution < 1.29 is 4.79 Å². The fourth-order valence-electron chi connectivity index (χ4n) is 3.03. The Balaban J connectivity index is 1.84. The Hall–Kier alpha value is -2.66. The van der Waals surface area contributed by atoms with Crippen molar-refractivity contribution in [2.24, 2.45) is 5.10 Å². The molecule has 2 aromatic carbocycles. The quantitative estimate of drug-likeness (QED) is 0.879. The van der Waals surface area contributed by atoms with Crippen molar-refractivity contribution in [2.75, 3.05) is 12.1 Å². The van der Waals surface area contributed by atoms with E-state index in [2.05, 4.69) is 10.5 Å². The Morgan fingerprint density at radius 3 is 2.33 bits per heavy atom. The van der Waals surface area contributed by atoms with Gasteiger partial charge in [-0.15, -0.1) is 0 Å². The first-order chi connectivity index (χ1) is 11.5. The summed E-state index contributed by atoms with van der Waals surface area (Å²) in [5.41, 5.74) is 5.40. The van der Waals surface area contributed by atoms with Crippen LogP contribution in [0.3, 0.4) is 0 Å². The Labute approximate surface area is 142 Å². The minimum atomic E-state index is -0.610. The predicted molar refractivity (Wildman–Crippen MR) is 96.7 cm³/mol. The predicted octanol–water partition coefficient (Wildman–Crippen LogP) is 3.27. The molecule has 0 aromatic heterocycles. The molecule has 0 saturated heterocycles. The van der Waals surface area contributed by atoms with E-state index in [0.29, 0.717) is 12.0 Å². The maximum atomic E-state index is 12.9. The zero-order valence-corrected chi connectivity index (χ0v) is 14.2. The molecule has 0 aliphatic carbocycles. The Morgan fingerprint density at radius 1 is 1.12 bits per heavy atom. The van der Waals surface area contributed by atoms with E-state index in [4.69, 9.17) is 0 Å². The lowest BCUT2D eigenvalue weighted by molar-refractivity contribution is 0.0498. The number of amides is 1. The normalized spacial score (nSPS) is 20.0. The topological polar surface area (TPSA) is 47.9 Å². The number of carbonyl (C=O) groups excluding carboxylic acids is 1. The summed E-state index contributed by atoms with van der Waals surface area (Å²) in [7, 11) is 1.94. The second kappa shape index (κ2) is 6.45. The molecule has 1 heterocycles. The molecular formula is C19H22N4O. The third kappa shape index (κ3) is 3.16. The van der Waals surface area contributed by atoms with Gasteiger partial charge in [0.2, 0.25) is 0 Å². The van der Waals surface area contributed by atoms with Gasteiger partial charge >= 0.3 is 0 Å². The molecule has 0 bridgehead atoms. The molecule has 24 heavy (non-hydrogen) atoms. The SMILES string of the molecule is CC1=NN(C(=O)c2ccccc2)[C@](C)(NN(C)c2ccccc2)C1. The highest BCUT2D eigenvalue weighted by molar-refractivity contribution is 5.97. The van der Waals surface area contributed by atoms with Gasteiger partial charge in [-0.2, -0.15) is 5.10 Å². The van der Waals surface area contributed by atoms with Crippen LogP contribution < -0.4 is 10.4 Å². The average Bonchev–Trinajstić information content (AvgIpc) is 2.90. The van der Waals surface area contributed by atoms with E-state index in [-0.39, 0.29) is 5.91 Å². The number of para-hydroxylation sites is 1. The molecule has 1 atom stereocenters. The van der Waals surface area contributed by atoms with E-state index in [1.807, 2.05) is 86.6 Å². The molecule has 0 unspecified atom stereocenters. The molecule has 1 aliphatic heterocycles. The highest BCUT2D eigenvalue weighted by Gasteiger charge is 2.42. The van der Waals surface area contributed by atoms with E-state index in [0.717, 1.165) is 11.4 Å². The van der Waals surface area contributed by atoms with E-state index in [1.165, 1.54) is 0 Å². The van der Waals surface area contributed by atoms with Crippen LogP contribution >= 0.6 is 0 Å². The van der Waals surface area contributed by atoms with Gasteiger partial charge in [0.1, 0.15) is 5.66 Å². The van der Waals surface area contributed by atoms with Crippen molar-refractivity contribution in [1.82, 2.24) is 10.4 Å². The summed E-state index contributed by atoms with van der Waals surface area (Å²) in [6, 6.07) is 19.2. The van der Waals surface area contributed by atoms with E-state index < -0.39 is 5.66 Å². The molecule has 0 saturated carbocycles.